The number of carbonyl (C=O) groups excluding carboxylic acids is 3. The van der Waals surface area contributed by atoms with Crippen LogP contribution in [0.3, 0.4) is 0 Å². The number of thiazole rings is 1. The molecule has 0 bridgehead atoms. The van der Waals surface area contributed by atoms with Gasteiger partial charge >= 0.3 is 5.97 Å². The van der Waals surface area contributed by atoms with Gasteiger partial charge in [-0.15, -0.1) is 11.3 Å². The topological polar surface area (TPSA) is 158 Å². The average molecular weight is 491 g/mol. The summed E-state index contributed by atoms with van der Waals surface area (Å²) in [5, 5.41) is 13.2. The Morgan fingerprint density at radius 2 is 2.09 bits per heavy atom. The fraction of sp³-hybridized carbons (Fsp3) is 0.333. The van der Waals surface area contributed by atoms with Crippen LogP contribution in [-0.2, 0) is 30.3 Å². The van der Waals surface area contributed by atoms with Crippen LogP contribution >= 0.6 is 11.3 Å². The van der Waals surface area contributed by atoms with Crippen LogP contribution in [0.2, 0.25) is 0 Å². The minimum absolute atomic E-state index is 0.106. The van der Waals surface area contributed by atoms with Gasteiger partial charge < -0.3 is 25.4 Å². The van der Waals surface area contributed by atoms with Gasteiger partial charge in [0.15, 0.2) is 12.2 Å². The lowest BCUT2D eigenvalue weighted by molar-refractivity contribution is -0.144. The van der Waals surface area contributed by atoms with E-state index < -0.39 is 36.0 Å². The first-order valence-electron chi connectivity index (χ1n) is 10.3. The lowest BCUT2D eigenvalue weighted by atomic mass is 10.1. The third-order valence-electron chi connectivity index (χ3n) is 4.64. The first kappa shape index (κ1) is 24.9. The molecule has 3 rings (SSSR count). The van der Waals surface area contributed by atoms with Gasteiger partial charge in [0, 0.05) is 23.7 Å². The van der Waals surface area contributed by atoms with Crippen molar-refractivity contribution >= 4 is 34.8 Å². The monoisotopic (exact) mass is 490 g/mol. The molecule has 13 heteroatoms. The molecule has 1 aliphatic heterocycles. The molecule has 1 unspecified atom stereocenters. The Morgan fingerprint density at radius 3 is 2.74 bits per heavy atom. The van der Waals surface area contributed by atoms with Crippen molar-refractivity contribution in [2.45, 2.75) is 31.6 Å². The summed E-state index contributed by atoms with van der Waals surface area (Å²) >= 11 is 1.35. The maximum absolute atomic E-state index is 13.0. The van der Waals surface area contributed by atoms with Crippen LogP contribution in [0, 0.1) is 11.3 Å². The number of benzene rings is 1. The Labute approximate surface area is 198 Å². The first-order chi connectivity index (χ1) is 16.4. The molecule has 34 heavy (non-hydrogen) atoms. The van der Waals surface area contributed by atoms with Gasteiger partial charge in [-0.1, -0.05) is 0 Å². The van der Waals surface area contributed by atoms with Crippen LogP contribution < -0.4 is 16.0 Å². The number of epoxide rings is 1. The zero-order valence-electron chi connectivity index (χ0n) is 18.1. The molecular weight excluding hydrogens is 467 g/mol. The summed E-state index contributed by atoms with van der Waals surface area (Å²) in [7, 11) is 0. The summed E-state index contributed by atoms with van der Waals surface area (Å²) in [4.78, 5) is 41.2. The lowest BCUT2D eigenvalue weighted by Crippen LogP contribution is -2.50. The Bertz CT molecular complexity index is 1050. The zero-order chi connectivity index (χ0) is 24.5. The van der Waals surface area contributed by atoms with E-state index in [1.807, 2.05) is 0 Å². The van der Waals surface area contributed by atoms with Crippen molar-refractivity contribution in [1.29, 1.82) is 5.53 Å². The van der Waals surface area contributed by atoms with E-state index in [-0.39, 0.29) is 31.1 Å². The number of nitrogens with zero attached hydrogens (tertiary/aromatic N) is 2. The molecule has 0 radical (unpaired) electrons. The summed E-state index contributed by atoms with van der Waals surface area (Å²) in [6, 6.07) is 4.57. The summed E-state index contributed by atoms with van der Waals surface area (Å²) in [5.41, 5.74) is 10.3. The number of halogens is 1. The number of esters is 1. The molecule has 0 aliphatic carbocycles. The fourth-order valence-corrected chi connectivity index (χ4v) is 3.43. The predicted octanol–water partition coefficient (Wildman–Crippen LogP) is 1.74. The Morgan fingerprint density at radius 1 is 1.32 bits per heavy atom. The molecule has 1 aromatic heterocycles. The molecule has 0 spiro atoms. The van der Waals surface area contributed by atoms with E-state index in [2.05, 4.69) is 26.0 Å². The van der Waals surface area contributed by atoms with E-state index in [1.54, 1.807) is 17.8 Å². The highest BCUT2D eigenvalue weighted by atomic mass is 32.1. The van der Waals surface area contributed by atoms with Crippen LogP contribution in [0.15, 0.2) is 52.2 Å². The smallest absolute Gasteiger partial charge is 0.338 e. The van der Waals surface area contributed by atoms with Gasteiger partial charge in [-0.2, -0.15) is 5.11 Å². The number of amides is 2. The number of nitrogens with one attached hydrogen (secondary N) is 4. The SMILES string of the molecule is CCOC(=O)[C@H]1O[C@@H]1C(=O)NC(Cc1cscn1)C(=O)NC/C(=C/Nc1ccc(F)cc1)N=N. The molecule has 2 aromatic rings. The van der Waals surface area contributed by atoms with E-state index in [0.29, 0.717) is 11.4 Å². The number of aromatic nitrogens is 1. The number of carbonyl (C=O) groups is 3. The standard InChI is InChI=1S/C21H23FN6O5S/c1-2-32-21(31)18-17(33-18)20(30)27-16(7-14-10-34-11-26-14)19(29)25-9-15(28-23)8-24-13-5-3-12(22)4-6-13/h3-6,8,10-11,16-18,23-24H,2,7,9H2,1H3,(H,25,29)(H,27,30)/b15-8-,28-23?/t16?,17-,18-/m0/s1. The van der Waals surface area contributed by atoms with Gasteiger partial charge in [-0.25, -0.2) is 19.7 Å². The number of hydrogen-bond donors (Lipinski definition) is 4. The van der Waals surface area contributed by atoms with Crippen LogP contribution in [0.4, 0.5) is 10.1 Å². The largest absolute Gasteiger partial charge is 0.464 e. The van der Waals surface area contributed by atoms with E-state index >= 15 is 0 Å². The molecule has 2 amide bonds. The molecule has 1 fully saturated rings. The minimum Gasteiger partial charge on any atom is -0.464 e. The van der Waals surface area contributed by atoms with E-state index in [1.165, 1.54) is 41.8 Å². The van der Waals surface area contributed by atoms with Crippen molar-refractivity contribution in [2.75, 3.05) is 18.5 Å². The van der Waals surface area contributed by atoms with Gasteiger partial charge in [0.25, 0.3) is 5.91 Å². The Kier molecular flexibility index (Phi) is 8.76. The minimum atomic E-state index is -1.02. The lowest BCUT2D eigenvalue weighted by Gasteiger charge is -2.17. The maximum Gasteiger partial charge on any atom is 0.338 e. The first-order valence-corrected chi connectivity index (χ1v) is 11.2. The highest BCUT2D eigenvalue weighted by Crippen LogP contribution is 2.24. The third-order valence-corrected chi connectivity index (χ3v) is 5.27. The molecule has 3 atom stereocenters. The third kappa shape index (κ3) is 7.15. The average Bonchev–Trinajstić information content (AvgIpc) is 3.48. The number of hydrogen-bond acceptors (Lipinski definition) is 10. The molecule has 11 nitrogen and oxygen atoms in total. The van der Waals surface area contributed by atoms with E-state index in [4.69, 9.17) is 15.0 Å². The van der Waals surface area contributed by atoms with Crippen molar-refractivity contribution in [3.63, 3.8) is 0 Å². The van der Waals surface area contributed by atoms with Crippen molar-refractivity contribution < 1.29 is 28.2 Å². The number of ether oxygens (including phenoxy) is 2. The second-order valence-electron chi connectivity index (χ2n) is 7.09. The van der Waals surface area contributed by atoms with Crippen molar-refractivity contribution in [3.05, 3.63) is 58.6 Å². The van der Waals surface area contributed by atoms with Gasteiger partial charge in [0.2, 0.25) is 5.91 Å². The zero-order valence-corrected chi connectivity index (χ0v) is 18.9. The molecule has 180 valence electrons. The van der Waals surface area contributed by atoms with Crippen LogP contribution in [0.1, 0.15) is 12.6 Å². The molecule has 1 saturated heterocycles. The van der Waals surface area contributed by atoms with Crippen LogP contribution in [-0.4, -0.2) is 54.2 Å². The van der Waals surface area contributed by atoms with Gasteiger partial charge in [0.1, 0.15) is 11.9 Å². The van der Waals surface area contributed by atoms with Gasteiger partial charge in [0.05, 0.1) is 30.1 Å². The maximum atomic E-state index is 13.0. The van der Waals surface area contributed by atoms with Crippen molar-refractivity contribution in [2.24, 2.45) is 5.11 Å². The van der Waals surface area contributed by atoms with Crippen molar-refractivity contribution in [1.82, 2.24) is 15.6 Å². The molecule has 2 heterocycles. The van der Waals surface area contributed by atoms with Crippen LogP contribution in [0.5, 0.6) is 0 Å². The fourth-order valence-electron chi connectivity index (χ4n) is 2.86. The normalized spacial score (nSPS) is 17.9. The summed E-state index contributed by atoms with van der Waals surface area (Å²) in [6.45, 7) is 1.70. The molecule has 0 saturated carbocycles. The Hall–Kier alpha value is -3.71. The number of rotatable bonds is 12. The number of anilines is 1. The quantitative estimate of drug-likeness (QED) is 0.200. The molecule has 1 aromatic carbocycles. The highest BCUT2D eigenvalue weighted by molar-refractivity contribution is 7.07. The van der Waals surface area contributed by atoms with E-state index in [0.717, 1.165) is 0 Å². The second-order valence-corrected chi connectivity index (χ2v) is 7.81. The molecule has 4 N–H and O–H groups in total. The summed E-state index contributed by atoms with van der Waals surface area (Å²) in [5.74, 6) is -2.17. The predicted molar refractivity (Wildman–Crippen MR) is 119 cm³/mol. The highest BCUT2D eigenvalue weighted by Gasteiger charge is 2.52. The van der Waals surface area contributed by atoms with E-state index in [9.17, 15) is 18.8 Å². The Balaban J connectivity index is 1.59. The summed E-state index contributed by atoms with van der Waals surface area (Å²) < 4.78 is 22.9. The second kappa shape index (κ2) is 12.0. The van der Waals surface area contributed by atoms with Crippen molar-refractivity contribution in [3.8, 4) is 0 Å². The molecule has 1 aliphatic rings. The van der Waals surface area contributed by atoms with Gasteiger partial charge in [-0.05, 0) is 31.2 Å². The van der Waals surface area contributed by atoms with Gasteiger partial charge in [-0.3, -0.25) is 9.59 Å². The van der Waals surface area contributed by atoms with Crippen LogP contribution in [0.25, 0.3) is 0 Å². The summed E-state index contributed by atoms with van der Waals surface area (Å²) in [6.07, 6.45) is -0.500. The molecular formula is C21H23FN6O5S.